The number of halogens is 1. The summed E-state index contributed by atoms with van der Waals surface area (Å²) < 4.78 is 5.27. The van der Waals surface area contributed by atoms with Crippen molar-refractivity contribution in [2.24, 2.45) is 0 Å². The fraction of sp³-hybridized carbons (Fsp3) is 0.167. The summed E-state index contributed by atoms with van der Waals surface area (Å²) in [6.45, 7) is 0.321. The Kier molecular flexibility index (Phi) is 6.14. The van der Waals surface area contributed by atoms with Crippen molar-refractivity contribution in [3.63, 3.8) is 0 Å². The van der Waals surface area contributed by atoms with E-state index in [-0.39, 0.29) is 11.6 Å². The molecule has 7 heteroatoms. The molecule has 0 saturated heterocycles. The third-order valence-electron chi connectivity index (χ3n) is 3.53. The van der Waals surface area contributed by atoms with E-state index in [2.05, 4.69) is 0 Å². The molecule has 0 aliphatic heterocycles. The predicted octanol–water partition coefficient (Wildman–Crippen LogP) is 3.93. The lowest BCUT2D eigenvalue weighted by atomic mass is 10.1. The highest BCUT2D eigenvalue weighted by Gasteiger charge is 2.11. The second-order valence-electron chi connectivity index (χ2n) is 5.34. The van der Waals surface area contributed by atoms with Gasteiger partial charge >= 0.3 is 0 Å². The fourth-order valence-corrected chi connectivity index (χ4v) is 2.44. The fourth-order valence-electron chi connectivity index (χ4n) is 2.24. The summed E-state index contributed by atoms with van der Waals surface area (Å²) in [5.74, 6) is 0.403. The van der Waals surface area contributed by atoms with Gasteiger partial charge < -0.3 is 9.64 Å². The number of hydrogen-bond donors (Lipinski definition) is 0. The van der Waals surface area contributed by atoms with E-state index in [0.29, 0.717) is 22.9 Å². The minimum Gasteiger partial charge on any atom is -0.496 e. The molecule has 2 rings (SSSR count). The monoisotopic (exact) mass is 360 g/mol. The maximum Gasteiger partial charge on any atom is 0.270 e. The average molecular weight is 361 g/mol. The van der Waals surface area contributed by atoms with Crippen LogP contribution in [0.2, 0.25) is 5.02 Å². The van der Waals surface area contributed by atoms with Gasteiger partial charge in [-0.3, -0.25) is 14.9 Å². The number of methoxy groups -OCH3 is 1. The Morgan fingerprint density at radius 3 is 2.76 bits per heavy atom. The lowest BCUT2D eigenvalue weighted by molar-refractivity contribution is -0.384. The van der Waals surface area contributed by atoms with Crippen LogP contribution >= 0.6 is 11.6 Å². The number of amides is 1. The van der Waals surface area contributed by atoms with Crippen LogP contribution in [0.25, 0.3) is 6.08 Å². The summed E-state index contributed by atoms with van der Waals surface area (Å²) in [5.41, 5.74) is 1.34. The van der Waals surface area contributed by atoms with Gasteiger partial charge in [-0.15, -0.1) is 0 Å². The molecule has 0 unspecified atom stereocenters. The number of nitrogens with zero attached hydrogens (tertiary/aromatic N) is 2. The van der Waals surface area contributed by atoms with Gasteiger partial charge in [-0.05, 0) is 29.8 Å². The van der Waals surface area contributed by atoms with E-state index >= 15 is 0 Å². The van der Waals surface area contributed by atoms with Crippen LogP contribution in [0.1, 0.15) is 11.1 Å². The molecule has 0 saturated carbocycles. The standard InChI is InChI=1S/C18H17ClN2O4/c1-20(12-14-11-15(19)7-8-17(14)25-2)18(22)9-6-13-4-3-5-16(10-13)21(23)24/h3-11H,12H2,1-2H3. The number of carbonyl (C=O) groups excluding carboxylic acids is 1. The first-order chi connectivity index (χ1) is 11.9. The normalized spacial score (nSPS) is 10.7. The molecule has 0 bridgehead atoms. The van der Waals surface area contributed by atoms with Gasteiger partial charge in [0.05, 0.1) is 12.0 Å². The molecule has 0 spiro atoms. The van der Waals surface area contributed by atoms with E-state index in [0.717, 1.165) is 5.56 Å². The molecule has 0 N–H and O–H groups in total. The Bertz CT molecular complexity index is 820. The Labute approximate surface area is 150 Å². The highest BCUT2D eigenvalue weighted by Crippen LogP contribution is 2.24. The largest absolute Gasteiger partial charge is 0.496 e. The van der Waals surface area contributed by atoms with Crippen molar-refractivity contribution in [2.75, 3.05) is 14.2 Å². The number of ether oxygens (including phenoxy) is 1. The van der Waals surface area contributed by atoms with Crippen molar-refractivity contribution >= 4 is 29.3 Å². The number of nitro benzene ring substituents is 1. The van der Waals surface area contributed by atoms with Crippen LogP contribution in [0, 0.1) is 10.1 Å². The van der Waals surface area contributed by atoms with E-state index in [4.69, 9.17) is 16.3 Å². The highest BCUT2D eigenvalue weighted by molar-refractivity contribution is 6.30. The first-order valence-corrected chi connectivity index (χ1v) is 7.78. The summed E-state index contributed by atoms with van der Waals surface area (Å²) >= 11 is 5.99. The van der Waals surface area contributed by atoms with Crippen LogP contribution in [0.15, 0.2) is 48.5 Å². The molecule has 0 heterocycles. The number of non-ortho nitro benzene ring substituents is 1. The predicted molar refractivity (Wildman–Crippen MR) is 96.6 cm³/mol. The van der Waals surface area contributed by atoms with Crippen molar-refractivity contribution in [3.05, 3.63) is 74.8 Å². The van der Waals surface area contributed by atoms with Crippen LogP contribution in [0.5, 0.6) is 5.75 Å². The first kappa shape index (κ1) is 18.5. The smallest absolute Gasteiger partial charge is 0.270 e. The zero-order valence-electron chi connectivity index (χ0n) is 13.8. The Morgan fingerprint density at radius 1 is 1.32 bits per heavy atom. The van der Waals surface area contributed by atoms with Crippen LogP contribution < -0.4 is 4.74 Å². The molecular formula is C18H17ClN2O4. The van der Waals surface area contributed by atoms with Gasteiger partial charge in [0.25, 0.3) is 5.69 Å². The number of benzene rings is 2. The Balaban J connectivity index is 2.09. The summed E-state index contributed by atoms with van der Waals surface area (Å²) in [7, 11) is 3.21. The van der Waals surface area contributed by atoms with Gasteiger partial charge in [0, 0.05) is 42.4 Å². The lowest BCUT2D eigenvalue weighted by Gasteiger charge is -2.17. The van der Waals surface area contributed by atoms with E-state index in [1.54, 1.807) is 50.6 Å². The Hall–Kier alpha value is -2.86. The average Bonchev–Trinajstić information content (AvgIpc) is 2.60. The Morgan fingerprint density at radius 2 is 2.08 bits per heavy atom. The molecule has 2 aromatic rings. The number of rotatable bonds is 6. The number of hydrogen-bond acceptors (Lipinski definition) is 4. The van der Waals surface area contributed by atoms with Gasteiger partial charge in [0.15, 0.2) is 0 Å². The molecule has 0 radical (unpaired) electrons. The third-order valence-corrected chi connectivity index (χ3v) is 3.76. The van der Waals surface area contributed by atoms with Crippen molar-refractivity contribution in [2.45, 2.75) is 6.54 Å². The molecule has 2 aromatic carbocycles. The van der Waals surface area contributed by atoms with Crippen LogP contribution in [-0.2, 0) is 11.3 Å². The molecule has 25 heavy (non-hydrogen) atoms. The number of carbonyl (C=O) groups is 1. The van der Waals surface area contributed by atoms with Gasteiger partial charge in [0.2, 0.25) is 5.91 Å². The van der Waals surface area contributed by atoms with E-state index in [1.165, 1.54) is 23.1 Å². The SMILES string of the molecule is COc1ccc(Cl)cc1CN(C)C(=O)C=Cc1cccc([N+](=O)[O-])c1. The van der Waals surface area contributed by atoms with E-state index in [1.807, 2.05) is 0 Å². The van der Waals surface area contributed by atoms with Gasteiger partial charge in [0.1, 0.15) is 5.75 Å². The maximum absolute atomic E-state index is 12.3. The molecule has 6 nitrogen and oxygen atoms in total. The first-order valence-electron chi connectivity index (χ1n) is 7.40. The summed E-state index contributed by atoms with van der Waals surface area (Å²) in [6.07, 6.45) is 2.91. The molecular weight excluding hydrogens is 344 g/mol. The van der Waals surface area contributed by atoms with Crippen molar-refractivity contribution < 1.29 is 14.5 Å². The molecule has 0 aromatic heterocycles. The summed E-state index contributed by atoms with van der Waals surface area (Å²) in [6, 6.07) is 11.3. The van der Waals surface area contributed by atoms with Gasteiger partial charge in [-0.1, -0.05) is 23.7 Å². The lowest BCUT2D eigenvalue weighted by Crippen LogP contribution is -2.24. The zero-order valence-corrected chi connectivity index (χ0v) is 14.6. The minimum atomic E-state index is -0.475. The number of likely N-dealkylation sites (N-methyl/N-ethyl adjacent to an activating group) is 1. The van der Waals surface area contributed by atoms with Crippen molar-refractivity contribution in [3.8, 4) is 5.75 Å². The quantitative estimate of drug-likeness (QED) is 0.444. The molecule has 130 valence electrons. The summed E-state index contributed by atoms with van der Waals surface area (Å²) in [5, 5.41) is 11.3. The topological polar surface area (TPSA) is 72.7 Å². The number of nitro groups is 1. The third kappa shape index (κ3) is 5.06. The molecule has 0 atom stereocenters. The zero-order chi connectivity index (χ0) is 18.4. The van der Waals surface area contributed by atoms with Gasteiger partial charge in [-0.2, -0.15) is 0 Å². The van der Waals surface area contributed by atoms with Crippen LogP contribution in [0.3, 0.4) is 0 Å². The van der Waals surface area contributed by atoms with Crippen molar-refractivity contribution in [1.82, 2.24) is 4.90 Å². The second kappa shape index (κ2) is 8.30. The molecule has 0 aliphatic rings. The molecule has 0 aliphatic carbocycles. The van der Waals surface area contributed by atoms with Crippen molar-refractivity contribution in [1.29, 1.82) is 0 Å². The van der Waals surface area contributed by atoms with E-state index < -0.39 is 4.92 Å². The summed E-state index contributed by atoms with van der Waals surface area (Å²) in [4.78, 5) is 24.1. The minimum absolute atomic E-state index is 0.0217. The van der Waals surface area contributed by atoms with Crippen LogP contribution in [0.4, 0.5) is 5.69 Å². The van der Waals surface area contributed by atoms with Gasteiger partial charge in [-0.25, -0.2) is 0 Å². The maximum atomic E-state index is 12.3. The van der Waals surface area contributed by atoms with Crippen LogP contribution in [-0.4, -0.2) is 29.9 Å². The highest BCUT2D eigenvalue weighted by atomic mass is 35.5. The second-order valence-corrected chi connectivity index (χ2v) is 5.77. The van der Waals surface area contributed by atoms with E-state index in [9.17, 15) is 14.9 Å². The molecule has 0 fully saturated rings. The molecule has 1 amide bonds.